The second kappa shape index (κ2) is 36.6. The summed E-state index contributed by atoms with van der Waals surface area (Å²) in [6.07, 6.45) is 40.1. The fourth-order valence-corrected chi connectivity index (χ4v) is 5.80. The maximum Gasteiger partial charge on any atom is 0.306 e. The van der Waals surface area contributed by atoms with Gasteiger partial charge in [0.2, 0.25) is 0 Å². The fraction of sp³-hybridized carbons (Fsp3) is 0.974. The quantitative estimate of drug-likeness (QED) is 0.0577. The van der Waals surface area contributed by atoms with Gasteiger partial charge in [-0.3, -0.25) is 4.79 Å². The normalized spacial score (nSPS) is 12.2. The Morgan fingerprint density at radius 3 is 1.12 bits per heavy atom. The SMILES string of the molecule is CCCCCCCCCCCCCCCCCCCCCCCCC(=O)OC(CO)COCCCCCCCCCC. The van der Waals surface area contributed by atoms with Gasteiger partial charge >= 0.3 is 5.97 Å². The number of aliphatic hydroxyl groups is 1. The van der Waals surface area contributed by atoms with Crippen molar-refractivity contribution in [3.8, 4) is 0 Å². The summed E-state index contributed by atoms with van der Waals surface area (Å²) in [7, 11) is 0. The molecule has 0 heterocycles. The second-order valence-electron chi connectivity index (χ2n) is 13.0. The van der Waals surface area contributed by atoms with Crippen LogP contribution in [0.5, 0.6) is 0 Å². The molecule has 0 aliphatic heterocycles. The molecule has 0 rings (SSSR count). The van der Waals surface area contributed by atoms with E-state index in [0.717, 1.165) is 19.3 Å². The molecule has 0 amide bonds. The summed E-state index contributed by atoms with van der Waals surface area (Å²) < 4.78 is 11.1. The van der Waals surface area contributed by atoms with Crippen molar-refractivity contribution < 1.29 is 19.4 Å². The van der Waals surface area contributed by atoms with E-state index >= 15 is 0 Å². The fourth-order valence-electron chi connectivity index (χ4n) is 5.80. The van der Waals surface area contributed by atoms with Gasteiger partial charge < -0.3 is 14.6 Å². The zero-order valence-electron chi connectivity index (χ0n) is 28.8. The minimum atomic E-state index is -0.522. The summed E-state index contributed by atoms with van der Waals surface area (Å²) in [5.41, 5.74) is 0. The first-order valence-electron chi connectivity index (χ1n) is 19.1. The highest BCUT2D eigenvalue weighted by Gasteiger charge is 2.13. The molecule has 0 aliphatic carbocycles. The minimum absolute atomic E-state index is 0.164. The van der Waals surface area contributed by atoms with Crippen LogP contribution in [0.1, 0.15) is 213 Å². The van der Waals surface area contributed by atoms with E-state index in [1.807, 2.05) is 0 Å². The lowest BCUT2D eigenvalue weighted by Gasteiger charge is -2.16. The molecule has 1 unspecified atom stereocenters. The highest BCUT2D eigenvalue weighted by atomic mass is 16.6. The topological polar surface area (TPSA) is 55.8 Å². The van der Waals surface area contributed by atoms with Crippen LogP contribution in [0.25, 0.3) is 0 Å². The Morgan fingerprint density at radius 1 is 0.476 bits per heavy atom. The van der Waals surface area contributed by atoms with Crippen molar-refractivity contribution in [2.75, 3.05) is 19.8 Å². The summed E-state index contributed by atoms with van der Waals surface area (Å²) in [5.74, 6) is -0.196. The average molecular weight is 597 g/mol. The Balaban J connectivity index is 3.32. The molecule has 0 aromatic rings. The van der Waals surface area contributed by atoms with Crippen molar-refractivity contribution in [3.63, 3.8) is 0 Å². The van der Waals surface area contributed by atoms with E-state index in [4.69, 9.17) is 9.47 Å². The molecule has 1 N–H and O–H groups in total. The first kappa shape index (κ1) is 41.4. The van der Waals surface area contributed by atoms with Crippen molar-refractivity contribution in [2.45, 2.75) is 219 Å². The van der Waals surface area contributed by atoms with E-state index in [0.29, 0.717) is 19.6 Å². The van der Waals surface area contributed by atoms with Crippen LogP contribution in [-0.4, -0.2) is 37.0 Å². The van der Waals surface area contributed by atoms with Crippen LogP contribution in [0.2, 0.25) is 0 Å². The molecular formula is C38H76O4. The third-order valence-electron chi connectivity index (χ3n) is 8.68. The number of hydrogen-bond acceptors (Lipinski definition) is 4. The second-order valence-corrected chi connectivity index (χ2v) is 13.0. The number of carbonyl (C=O) groups excluding carboxylic acids is 1. The first-order chi connectivity index (χ1) is 20.7. The van der Waals surface area contributed by atoms with E-state index in [9.17, 15) is 9.90 Å². The zero-order valence-corrected chi connectivity index (χ0v) is 28.8. The molecule has 4 heteroatoms. The van der Waals surface area contributed by atoms with Crippen LogP contribution in [0.15, 0.2) is 0 Å². The monoisotopic (exact) mass is 597 g/mol. The van der Waals surface area contributed by atoms with E-state index in [1.54, 1.807) is 0 Å². The molecule has 0 bridgehead atoms. The molecule has 0 saturated heterocycles. The van der Waals surface area contributed by atoms with Crippen molar-refractivity contribution in [1.29, 1.82) is 0 Å². The van der Waals surface area contributed by atoms with Crippen molar-refractivity contribution in [1.82, 2.24) is 0 Å². The third-order valence-corrected chi connectivity index (χ3v) is 8.68. The lowest BCUT2D eigenvalue weighted by atomic mass is 10.0. The van der Waals surface area contributed by atoms with Gasteiger partial charge in [-0.1, -0.05) is 194 Å². The van der Waals surface area contributed by atoms with E-state index in [1.165, 1.54) is 173 Å². The van der Waals surface area contributed by atoms with Crippen molar-refractivity contribution in [2.24, 2.45) is 0 Å². The Morgan fingerprint density at radius 2 is 0.786 bits per heavy atom. The molecule has 0 saturated carbocycles. The molecule has 42 heavy (non-hydrogen) atoms. The minimum Gasteiger partial charge on any atom is -0.457 e. The number of ether oxygens (including phenoxy) is 2. The number of esters is 1. The first-order valence-corrected chi connectivity index (χ1v) is 19.1. The summed E-state index contributed by atoms with van der Waals surface area (Å²) >= 11 is 0. The molecule has 4 nitrogen and oxygen atoms in total. The van der Waals surface area contributed by atoms with Gasteiger partial charge in [0, 0.05) is 13.0 Å². The number of rotatable bonds is 36. The van der Waals surface area contributed by atoms with Gasteiger partial charge in [0.1, 0.15) is 6.10 Å². The van der Waals surface area contributed by atoms with Gasteiger partial charge in [0.15, 0.2) is 0 Å². The summed E-state index contributed by atoms with van der Waals surface area (Å²) in [6, 6.07) is 0. The van der Waals surface area contributed by atoms with E-state index in [2.05, 4.69) is 13.8 Å². The van der Waals surface area contributed by atoms with Gasteiger partial charge in [-0.05, 0) is 12.8 Å². The molecule has 0 radical (unpaired) electrons. The van der Waals surface area contributed by atoms with Gasteiger partial charge in [-0.25, -0.2) is 0 Å². The van der Waals surface area contributed by atoms with Gasteiger partial charge in [0.05, 0.1) is 13.2 Å². The lowest BCUT2D eigenvalue weighted by molar-refractivity contribution is -0.154. The molecule has 0 spiro atoms. The third kappa shape index (κ3) is 33.9. The molecule has 0 aromatic carbocycles. The Bertz CT molecular complexity index is 509. The summed E-state index contributed by atoms with van der Waals surface area (Å²) in [4.78, 5) is 12.1. The molecule has 1 atom stereocenters. The van der Waals surface area contributed by atoms with Crippen LogP contribution in [0, 0.1) is 0 Å². The smallest absolute Gasteiger partial charge is 0.306 e. The predicted octanol–water partition coefficient (Wildman–Crippen LogP) is 12.0. The maximum atomic E-state index is 12.1. The van der Waals surface area contributed by atoms with Crippen LogP contribution in [0.3, 0.4) is 0 Å². The van der Waals surface area contributed by atoms with Crippen molar-refractivity contribution >= 4 is 5.97 Å². The maximum absolute atomic E-state index is 12.1. The molecule has 0 aliphatic rings. The standard InChI is InChI=1S/C38H76O4/c1-3-5-7-9-11-13-14-15-16-17-18-19-20-21-22-23-24-25-26-27-29-31-33-38(40)42-37(35-39)36-41-34-32-30-28-12-10-8-6-4-2/h37,39H,3-36H2,1-2H3. The molecule has 0 fully saturated rings. The van der Waals surface area contributed by atoms with Crippen molar-refractivity contribution in [3.05, 3.63) is 0 Å². The number of aliphatic hydroxyl groups excluding tert-OH is 1. The summed E-state index contributed by atoms with van der Waals surface area (Å²) in [6.45, 7) is 5.36. The highest BCUT2D eigenvalue weighted by Crippen LogP contribution is 2.16. The lowest BCUT2D eigenvalue weighted by Crippen LogP contribution is -2.27. The predicted molar refractivity (Wildman–Crippen MR) is 182 cm³/mol. The van der Waals surface area contributed by atoms with Gasteiger partial charge in [-0.2, -0.15) is 0 Å². The van der Waals surface area contributed by atoms with E-state index in [-0.39, 0.29) is 12.6 Å². The molecule has 252 valence electrons. The highest BCUT2D eigenvalue weighted by molar-refractivity contribution is 5.69. The summed E-state index contributed by atoms with van der Waals surface area (Å²) in [5, 5.41) is 9.51. The number of carbonyl (C=O) groups is 1. The zero-order chi connectivity index (χ0) is 30.6. The Hall–Kier alpha value is -0.610. The van der Waals surface area contributed by atoms with E-state index < -0.39 is 6.10 Å². The van der Waals surface area contributed by atoms with Crippen LogP contribution < -0.4 is 0 Å². The average Bonchev–Trinajstić information content (AvgIpc) is 3.00. The van der Waals surface area contributed by atoms with Crippen LogP contribution >= 0.6 is 0 Å². The number of unbranched alkanes of at least 4 members (excludes halogenated alkanes) is 28. The van der Waals surface area contributed by atoms with Gasteiger partial charge in [0.25, 0.3) is 0 Å². The largest absolute Gasteiger partial charge is 0.457 e. The molecule has 0 aromatic heterocycles. The van der Waals surface area contributed by atoms with Crippen LogP contribution in [-0.2, 0) is 14.3 Å². The Labute approximate surface area is 263 Å². The van der Waals surface area contributed by atoms with Crippen LogP contribution in [0.4, 0.5) is 0 Å². The molecular weight excluding hydrogens is 520 g/mol. The Kier molecular flexibility index (Phi) is 36.0. The van der Waals surface area contributed by atoms with Gasteiger partial charge in [-0.15, -0.1) is 0 Å². The number of hydrogen-bond donors (Lipinski definition) is 1.